The lowest BCUT2D eigenvalue weighted by atomic mass is 10.1. The van der Waals surface area contributed by atoms with E-state index >= 15 is 0 Å². The number of hydrogen-bond acceptors (Lipinski definition) is 5. The second-order valence-electron chi connectivity index (χ2n) is 4.19. The molecule has 19 heavy (non-hydrogen) atoms. The third kappa shape index (κ3) is 2.61. The zero-order valence-electron chi connectivity index (χ0n) is 10.7. The summed E-state index contributed by atoms with van der Waals surface area (Å²) in [5.41, 5.74) is 0.525. The molecule has 1 N–H and O–H groups in total. The summed E-state index contributed by atoms with van der Waals surface area (Å²) < 4.78 is 5.19. The van der Waals surface area contributed by atoms with Crippen LogP contribution in [0.1, 0.15) is 28.6 Å². The third-order valence-electron chi connectivity index (χ3n) is 2.83. The normalized spacial score (nSPS) is 10.6. The number of hydrogen-bond donors (Lipinski definition) is 1. The van der Waals surface area contributed by atoms with E-state index in [4.69, 9.17) is 0 Å². The Bertz CT molecular complexity index is 688. The summed E-state index contributed by atoms with van der Waals surface area (Å²) in [5, 5.41) is 10.4. The fraction of sp³-hybridized carbons (Fsp3) is 0.286. The van der Waals surface area contributed by atoms with Gasteiger partial charge in [-0.1, -0.05) is 13.3 Å². The molecule has 0 fully saturated rings. The molecule has 100 valence electrons. The lowest BCUT2D eigenvalue weighted by Crippen LogP contribution is -2.07. The highest BCUT2D eigenvalue weighted by Gasteiger charge is 2.12. The number of methoxy groups -OCH3 is 1. The van der Waals surface area contributed by atoms with Gasteiger partial charge in [0.15, 0.2) is 5.43 Å². The SMILES string of the molecule is CCCc1cc2c(=O)cc(C(=O)OC)sc2cc1O. The molecule has 0 aliphatic heterocycles. The molecule has 2 aromatic rings. The van der Waals surface area contributed by atoms with Crippen LogP contribution in [0.4, 0.5) is 0 Å². The molecule has 2 rings (SSSR count). The maximum atomic E-state index is 12.0. The van der Waals surface area contributed by atoms with Crippen LogP contribution in [0, 0.1) is 0 Å². The summed E-state index contributed by atoms with van der Waals surface area (Å²) in [6.07, 6.45) is 1.60. The number of rotatable bonds is 3. The van der Waals surface area contributed by atoms with Crippen LogP contribution in [0.15, 0.2) is 23.0 Å². The molecule has 5 heteroatoms. The Morgan fingerprint density at radius 3 is 2.74 bits per heavy atom. The van der Waals surface area contributed by atoms with Crippen LogP contribution in [0.5, 0.6) is 5.75 Å². The molecule has 0 bridgehead atoms. The molecule has 0 spiro atoms. The zero-order chi connectivity index (χ0) is 14.0. The molecule has 1 aromatic heterocycles. The Morgan fingerprint density at radius 2 is 2.11 bits per heavy atom. The van der Waals surface area contributed by atoms with Gasteiger partial charge in [-0.2, -0.15) is 0 Å². The van der Waals surface area contributed by atoms with E-state index in [0.717, 1.165) is 23.3 Å². The first-order chi connectivity index (χ1) is 9.06. The molecular weight excluding hydrogens is 264 g/mol. The summed E-state index contributed by atoms with van der Waals surface area (Å²) in [6, 6.07) is 4.53. The molecule has 1 aromatic carbocycles. The van der Waals surface area contributed by atoms with Crippen LogP contribution in [0.3, 0.4) is 0 Å². The summed E-state index contributed by atoms with van der Waals surface area (Å²) in [4.78, 5) is 23.7. The number of fused-ring (bicyclic) bond motifs is 1. The quantitative estimate of drug-likeness (QED) is 0.877. The largest absolute Gasteiger partial charge is 0.508 e. The Hall–Kier alpha value is -1.88. The van der Waals surface area contributed by atoms with Crippen molar-refractivity contribution in [3.63, 3.8) is 0 Å². The van der Waals surface area contributed by atoms with Crippen LogP contribution in [0.25, 0.3) is 10.1 Å². The molecule has 0 amide bonds. The molecule has 0 radical (unpaired) electrons. The number of aromatic hydroxyl groups is 1. The van der Waals surface area contributed by atoms with Crippen molar-refractivity contribution < 1.29 is 14.6 Å². The Balaban J connectivity index is 2.67. The molecule has 0 unspecified atom stereocenters. The van der Waals surface area contributed by atoms with Crippen molar-refractivity contribution in [2.24, 2.45) is 0 Å². The second kappa shape index (κ2) is 5.40. The first-order valence-electron chi connectivity index (χ1n) is 5.95. The summed E-state index contributed by atoms with van der Waals surface area (Å²) >= 11 is 1.14. The van der Waals surface area contributed by atoms with E-state index in [9.17, 15) is 14.7 Å². The van der Waals surface area contributed by atoms with E-state index < -0.39 is 5.97 Å². The highest BCUT2D eigenvalue weighted by molar-refractivity contribution is 7.20. The number of phenols is 1. The third-order valence-corrected chi connectivity index (χ3v) is 3.90. The van der Waals surface area contributed by atoms with Gasteiger partial charge in [-0.05, 0) is 24.1 Å². The van der Waals surface area contributed by atoms with Crippen molar-refractivity contribution in [2.45, 2.75) is 19.8 Å². The minimum Gasteiger partial charge on any atom is -0.508 e. The van der Waals surface area contributed by atoms with Crippen molar-refractivity contribution in [1.82, 2.24) is 0 Å². The number of carbonyl (C=O) groups is 1. The van der Waals surface area contributed by atoms with Crippen molar-refractivity contribution in [1.29, 1.82) is 0 Å². The van der Waals surface area contributed by atoms with Gasteiger partial charge in [0.1, 0.15) is 10.6 Å². The van der Waals surface area contributed by atoms with E-state index in [-0.39, 0.29) is 16.1 Å². The summed E-state index contributed by atoms with van der Waals surface area (Å²) in [7, 11) is 1.27. The maximum absolute atomic E-state index is 12.0. The minimum atomic E-state index is -0.541. The zero-order valence-corrected chi connectivity index (χ0v) is 11.5. The molecule has 1 heterocycles. The fourth-order valence-electron chi connectivity index (χ4n) is 1.91. The van der Waals surface area contributed by atoms with Crippen LogP contribution in [-0.4, -0.2) is 18.2 Å². The van der Waals surface area contributed by atoms with Crippen molar-refractivity contribution in [2.75, 3.05) is 7.11 Å². The standard InChI is InChI=1S/C14H14O4S/c1-3-4-8-5-9-11(16)7-13(14(17)18-2)19-12(9)6-10(8)15/h5-7,15H,3-4H2,1-2H3. The Kier molecular flexibility index (Phi) is 3.85. The second-order valence-corrected chi connectivity index (χ2v) is 5.28. The number of phenolic OH excluding ortho intramolecular Hbond substituents is 1. The van der Waals surface area contributed by atoms with Gasteiger partial charge in [0.25, 0.3) is 0 Å². The molecule has 0 aliphatic rings. The number of benzene rings is 1. The van der Waals surface area contributed by atoms with E-state index in [2.05, 4.69) is 4.74 Å². The summed E-state index contributed by atoms with van der Waals surface area (Å²) in [6.45, 7) is 2.00. The van der Waals surface area contributed by atoms with Crippen molar-refractivity contribution in [3.8, 4) is 5.75 Å². The van der Waals surface area contributed by atoms with Gasteiger partial charge in [-0.15, -0.1) is 11.3 Å². The first kappa shape index (κ1) is 13.5. The average molecular weight is 278 g/mol. The van der Waals surface area contributed by atoms with Gasteiger partial charge < -0.3 is 9.84 Å². The van der Waals surface area contributed by atoms with E-state index in [1.54, 1.807) is 12.1 Å². The number of aryl methyl sites for hydroxylation is 1. The Labute approximate surface area is 114 Å². The topological polar surface area (TPSA) is 63.6 Å². The molecule has 0 atom stereocenters. The van der Waals surface area contributed by atoms with Crippen LogP contribution in [0.2, 0.25) is 0 Å². The van der Waals surface area contributed by atoms with Gasteiger partial charge in [-0.25, -0.2) is 4.79 Å². The lowest BCUT2D eigenvalue weighted by Gasteiger charge is -2.06. The molecular formula is C14H14O4S. The van der Waals surface area contributed by atoms with Crippen LogP contribution < -0.4 is 5.43 Å². The molecule has 0 saturated carbocycles. The smallest absolute Gasteiger partial charge is 0.348 e. The predicted octanol–water partition coefficient (Wildman–Crippen LogP) is 2.71. The highest BCUT2D eigenvalue weighted by atomic mass is 32.1. The van der Waals surface area contributed by atoms with Gasteiger partial charge in [-0.3, -0.25) is 4.79 Å². The van der Waals surface area contributed by atoms with Crippen LogP contribution in [-0.2, 0) is 11.2 Å². The van der Waals surface area contributed by atoms with Crippen molar-refractivity contribution in [3.05, 3.63) is 38.9 Å². The van der Waals surface area contributed by atoms with Gasteiger partial charge in [0, 0.05) is 16.2 Å². The van der Waals surface area contributed by atoms with Gasteiger partial charge in [0.05, 0.1) is 7.11 Å². The first-order valence-corrected chi connectivity index (χ1v) is 6.76. The highest BCUT2D eigenvalue weighted by Crippen LogP contribution is 2.28. The summed E-state index contributed by atoms with van der Waals surface area (Å²) in [5.74, 6) is -0.381. The average Bonchev–Trinajstić information content (AvgIpc) is 2.39. The molecule has 0 aliphatic carbocycles. The van der Waals surface area contributed by atoms with Gasteiger partial charge >= 0.3 is 5.97 Å². The molecule has 0 saturated heterocycles. The van der Waals surface area contributed by atoms with E-state index in [1.807, 2.05) is 6.92 Å². The fourth-order valence-corrected chi connectivity index (χ4v) is 2.92. The van der Waals surface area contributed by atoms with E-state index in [1.165, 1.54) is 13.2 Å². The lowest BCUT2D eigenvalue weighted by molar-refractivity contribution is 0.0606. The number of esters is 1. The Morgan fingerprint density at radius 1 is 1.37 bits per heavy atom. The van der Waals surface area contributed by atoms with Crippen molar-refractivity contribution >= 4 is 27.4 Å². The number of carbonyl (C=O) groups excluding carboxylic acids is 1. The van der Waals surface area contributed by atoms with Gasteiger partial charge in [0.2, 0.25) is 0 Å². The molecule has 4 nitrogen and oxygen atoms in total. The van der Waals surface area contributed by atoms with E-state index in [0.29, 0.717) is 16.5 Å². The number of ether oxygens (including phenoxy) is 1. The monoisotopic (exact) mass is 278 g/mol. The predicted molar refractivity (Wildman–Crippen MR) is 75.1 cm³/mol. The maximum Gasteiger partial charge on any atom is 0.348 e. The minimum absolute atomic E-state index is 0.159. The van der Waals surface area contributed by atoms with Crippen LogP contribution >= 0.6 is 11.3 Å².